The van der Waals surface area contributed by atoms with Gasteiger partial charge in [0.15, 0.2) is 5.56 Å². The average molecular weight is 488 g/mol. The molecule has 0 radical (unpaired) electrons. The van der Waals surface area contributed by atoms with Gasteiger partial charge in [0.1, 0.15) is 0 Å². The van der Waals surface area contributed by atoms with Gasteiger partial charge in [0, 0.05) is 6.07 Å². The Labute approximate surface area is 189 Å². The van der Waals surface area contributed by atoms with E-state index in [0.29, 0.717) is 24.4 Å². The topological polar surface area (TPSA) is 284 Å². The first-order valence-electron chi connectivity index (χ1n) is 8.71. The molecule has 0 saturated heterocycles. The van der Waals surface area contributed by atoms with E-state index in [1.165, 1.54) is 0 Å². The van der Waals surface area contributed by atoms with Gasteiger partial charge in [-0.05, 0) is 0 Å². The molecule has 35 heavy (non-hydrogen) atoms. The maximum atomic E-state index is 11.3. The molecule has 1 heterocycles. The lowest BCUT2D eigenvalue weighted by Gasteiger charge is -2.02. The number of hydrogen-bond acceptors (Lipinski definition) is 13. The number of hydrogen-bond donors (Lipinski definition) is 1. The molecule has 0 saturated carbocycles. The van der Waals surface area contributed by atoms with Crippen molar-refractivity contribution in [1.29, 1.82) is 0 Å². The lowest BCUT2D eigenvalue weighted by molar-refractivity contribution is -0.403. The van der Waals surface area contributed by atoms with Gasteiger partial charge in [0.05, 0.1) is 66.1 Å². The molecule has 0 atom stereocenters. The Morgan fingerprint density at radius 2 is 1.29 bits per heavy atom. The van der Waals surface area contributed by atoms with Gasteiger partial charge < -0.3 is 5.73 Å². The van der Waals surface area contributed by atoms with Crippen LogP contribution in [0.2, 0.25) is 0 Å². The number of rotatable bonds is 7. The van der Waals surface area contributed by atoms with Gasteiger partial charge >= 0.3 is 0 Å². The minimum absolute atomic E-state index is 0.135. The van der Waals surface area contributed by atoms with Crippen LogP contribution in [0.5, 0.6) is 0 Å². The van der Waals surface area contributed by atoms with E-state index in [-0.39, 0.29) is 10.9 Å². The number of nitro benzene ring substituents is 5. The minimum Gasteiger partial charge on any atom is -0.366 e. The third-order valence-corrected chi connectivity index (χ3v) is 4.35. The SMILES string of the molecule is N/C(=N\N=C\c1c([N+](=O)[O-])cc([N+](=O)[O-])cc1[N+](=O)[O-])n1ncc2c([N+](=O)[O-])cc([N+](=O)[O-])cc21. The predicted octanol–water partition coefficient (Wildman–Crippen LogP) is 1.77. The number of nitrogens with two attached hydrogens (primary N) is 1. The van der Waals surface area contributed by atoms with Crippen molar-refractivity contribution in [3.8, 4) is 0 Å². The Morgan fingerprint density at radius 1 is 0.800 bits per heavy atom. The fraction of sp³-hybridized carbons (Fsp3) is 0. The van der Waals surface area contributed by atoms with Gasteiger partial charge in [-0.1, -0.05) is 0 Å². The number of fused-ring (bicyclic) bond motifs is 1. The zero-order valence-corrected chi connectivity index (χ0v) is 16.6. The number of non-ortho nitro benzene ring substituents is 3. The number of benzene rings is 2. The van der Waals surface area contributed by atoms with Gasteiger partial charge in [-0.2, -0.15) is 14.9 Å². The summed E-state index contributed by atoms with van der Waals surface area (Å²) < 4.78 is 0.741. The molecule has 1 aromatic heterocycles. The first-order chi connectivity index (χ1) is 16.4. The van der Waals surface area contributed by atoms with E-state index in [1.54, 1.807) is 0 Å². The summed E-state index contributed by atoms with van der Waals surface area (Å²) >= 11 is 0. The summed E-state index contributed by atoms with van der Waals surface area (Å²) in [6, 6.07) is 2.61. The molecule has 2 aromatic carbocycles. The largest absolute Gasteiger partial charge is 0.366 e. The summed E-state index contributed by atoms with van der Waals surface area (Å²) in [6.07, 6.45) is 1.53. The smallest absolute Gasteiger partial charge is 0.292 e. The van der Waals surface area contributed by atoms with Crippen molar-refractivity contribution in [2.75, 3.05) is 0 Å². The van der Waals surface area contributed by atoms with Crippen molar-refractivity contribution >= 4 is 51.5 Å². The summed E-state index contributed by atoms with van der Waals surface area (Å²) in [4.78, 5) is 50.8. The van der Waals surface area contributed by atoms with E-state index in [1.807, 2.05) is 0 Å². The second kappa shape index (κ2) is 8.89. The summed E-state index contributed by atoms with van der Waals surface area (Å²) in [5.41, 5.74) is 0.550. The van der Waals surface area contributed by atoms with Crippen molar-refractivity contribution in [1.82, 2.24) is 9.78 Å². The molecule has 0 unspecified atom stereocenters. The molecule has 0 aliphatic heterocycles. The maximum absolute atomic E-state index is 11.3. The van der Waals surface area contributed by atoms with Gasteiger partial charge in [0.25, 0.3) is 28.4 Å². The zero-order chi connectivity index (χ0) is 26.0. The Bertz CT molecular complexity index is 1470. The van der Waals surface area contributed by atoms with Crippen LogP contribution in [0.3, 0.4) is 0 Å². The lowest BCUT2D eigenvalue weighted by atomic mass is 10.1. The molecule has 20 heteroatoms. The Balaban J connectivity index is 2.12. The fourth-order valence-electron chi connectivity index (χ4n) is 2.87. The quantitative estimate of drug-likeness (QED) is 0.215. The zero-order valence-electron chi connectivity index (χ0n) is 16.6. The Morgan fingerprint density at radius 3 is 1.77 bits per heavy atom. The van der Waals surface area contributed by atoms with E-state index < -0.39 is 64.6 Å². The van der Waals surface area contributed by atoms with Crippen molar-refractivity contribution < 1.29 is 24.6 Å². The normalized spacial score (nSPS) is 11.6. The summed E-state index contributed by atoms with van der Waals surface area (Å²) in [5.74, 6) is -0.627. The average Bonchev–Trinajstić information content (AvgIpc) is 3.21. The Kier molecular flexibility index (Phi) is 6.02. The van der Waals surface area contributed by atoms with Crippen LogP contribution in [0.25, 0.3) is 10.9 Å². The summed E-state index contributed by atoms with van der Waals surface area (Å²) in [6.45, 7) is 0. The summed E-state index contributed by atoms with van der Waals surface area (Å²) in [5, 5.41) is 66.4. The third kappa shape index (κ3) is 4.50. The predicted molar refractivity (Wildman–Crippen MR) is 114 cm³/mol. The van der Waals surface area contributed by atoms with Crippen LogP contribution in [-0.2, 0) is 0 Å². The van der Waals surface area contributed by atoms with Gasteiger partial charge in [0.2, 0.25) is 5.96 Å². The fourth-order valence-corrected chi connectivity index (χ4v) is 2.87. The molecule has 3 rings (SSSR count). The molecule has 0 amide bonds. The van der Waals surface area contributed by atoms with Crippen LogP contribution in [0.1, 0.15) is 5.56 Å². The molecule has 178 valence electrons. The summed E-state index contributed by atoms with van der Waals surface area (Å²) in [7, 11) is 0. The first-order valence-corrected chi connectivity index (χ1v) is 8.71. The van der Waals surface area contributed by atoms with Crippen molar-refractivity contribution in [2.24, 2.45) is 15.9 Å². The van der Waals surface area contributed by atoms with E-state index in [2.05, 4.69) is 15.3 Å². The molecule has 0 aliphatic carbocycles. The number of aromatic nitrogens is 2. The first kappa shape index (κ1) is 23.7. The highest BCUT2D eigenvalue weighted by Gasteiger charge is 2.29. The van der Waals surface area contributed by atoms with E-state index >= 15 is 0 Å². The highest BCUT2D eigenvalue weighted by Crippen LogP contribution is 2.33. The van der Waals surface area contributed by atoms with Crippen LogP contribution >= 0.6 is 0 Å². The molecule has 20 nitrogen and oxygen atoms in total. The van der Waals surface area contributed by atoms with Crippen molar-refractivity contribution in [3.05, 3.63) is 86.6 Å². The third-order valence-electron chi connectivity index (χ3n) is 4.35. The van der Waals surface area contributed by atoms with Crippen LogP contribution in [0, 0.1) is 50.6 Å². The molecule has 0 spiro atoms. The van der Waals surface area contributed by atoms with E-state index in [0.717, 1.165) is 16.9 Å². The maximum Gasteiger partial charge on any atom is 0.292 e. The highest BCUT2D eigenvalue weighted by molar-refractivity contribution is 5.97. The highest BCUT2D eigenvalue weighted by atomic mass is 16.6. The molecular weight excluding hydrogens is 480 g/mol. The molecule has 2 N–H and O–H groups in total. The molecule has 0 fully saturated rings. The number of nitrogens with zero attached hydrogens (tertiary/aromatic N) is 9. The molecule has 0 aliphatic rings. The monoisotopic (exact) mass is 488 g/mol. The van der Waals surface area contributed by atoms with Crippen molar-refractivity contribution in [2.45, 2.75) is 0 Å². The second-order valence-corrected chi connectivity index (χ2v) is 6.34. The van der Waals surface area contributed by atoms with Crippen LogP contribution in [0.15, 0.2) is 40.7 Å². The van der Waals surface area contributed by atoms with E-state index in [4.69, 9.17) is 5.73 Å². The lowest BCUT2D eigenvalue weighted by Crippen LogP contribution is -2.23. The van der Waals surface area contributed by atoms with Crippen molar-refractivity contribution in [3.63, 3.8) is 0 Å². The van der Waals surface area contributed by atoms with Gasteiger partial charge in [-0.15, -0.1) is 5.10 Å². The molecular formula is C15H8N10O10. The minimum atomic E-state index is -1.10. The Hall–Kier alpha value is -5.95. The van der Waals surface area contributed by atoms with Crippen LogP contribution in [-0.4, -0.2) is 46.6 Å². The second-order valence-electron chi connectivity index (χ2n) is 6.34. The van der Waals surface area contributed by atoms with E-state index in [9.17, 15) is 50.6 Å². The molecule has 0 bridgehead atoms. The van der Waals surface area contributed by atoms with Gasteiger partial charge in [-0.3, -0.25) is 50.6 Å². The van der Waals surface area contributed by atoms with Crippen LogP contribution < -0.4 is 5.73 Å². The molecule has 3 aromatic rings. The van der Waals surface area contributed by atoms with Crippen LogP contribution in [0.4, 0.5) is 28.4 Å². The van der Waals surface area contributed by atoms with Gasteiger partial charge in [-0.25, -0.2) is 0 Å². The standard InChI is InChI=1S/C15H8N10O10/c16-15(20-11-1-7(21(26)27)2-14(25(34)35)10(11)6-18-20)19-17-5-9-12(23(30)31)3-8(22(28)29)4-13(9)24(32)33/h1-6H,(H2,16,19)/b17-5+. The number of nitro groups is 5.